The Balaban J connectivity index is 1.40. The molecular formula is C22H25N3O2S. The molecule has 28 heavy (non-hydrogen) atoms. The standard InChI is InChI=1S/C22H25N3O2S/c1-16-7-9-17(10-8-16)15-24-11-13-25(14-12-24)21(27)22(2)20(26)23-18-5-3-4-6-19(18)28-22/h3-10H,11-15H2,1-2H3,(H,23,26). The first-order chi connectivity index (χ1) is 13.5. The molecule has 0 radical (unpaired) electrons. The van der Waals surface area contributed by atoms with Gasteiger partial charge >= 0.3 is 0 Å². The molecule has 2 aromatic rings. The molecule has 2 aliphatic heterocycles. The van der Waals surface area contributed by atoms with Gasteiger partial charge in [-0.1, -0.05) is 53.7 Å². The van der Waals surface area contributed by atoms with Crippen LogP contribution in [0.2, 0.25) is 0 Å². The number of aryl methyl sites for hydroxylation is 1. The third-order valence-electron chi connectivity index (χ3n) is 5.48. The quantitative estimate of drug-likeness (QED) is 0.812. The fraction of sp³-hybridized carbons (Fsp3) is 0.364. The molecule has 0 saturated carbocycles. The van der Waals surface area contributed by atoms with E-state index in [4.69, 9.17) is 0 Å². The van der Waals surface area contributed by atoms with Crippen molar-refractivity contribution in [2.75, 3.05) is 31.5 Å². The van der Waals surface area contributed by atoms with Gasteiger partial charge in [-0.25, -0.2) is 0 Å². The molecule has 1 saturated heterocycles. The Morgan fingerprint density at radius 1 is 1.07 bits per heavy atom. The van der Waals surface area contributed by atoms with Gasteiger partial charge in [0.25, 0.3) is 0 Å². The lowest BCUT2D eigenvalue weighted by Gasteiger charge is -2.40. The lowest BCUT2D eigenvalue weighted by atomic mass is 10.1. The average molecular weight is 396 g/mol. The average Bonchev–Trinajstić information content (AvgIpc) is 2.70. The Labute approximate surface area is 170 Å². The van der Waals surface area contributed by atoms with Crippen molar-refractivity contribution < 1.29 is 9.59 Å². The molecule has 146 valence electrons. The third-order valence-corrected chi connectivity index (χ3v) is 6.82. The van der Waals surface area contributed by atoms with E-state index in [0.29, 0.717) is 13.1 Å². The van der Waals surface area contributed by atoms with Crippen molar-refractivity contribution >= 4 is 29.3 Å². The largest absolute Gasteiger partial charge is 0.338 e. The van der Waals surface area contributed by atoms with Crippen molar-refractivity contribution in [2.45, 2.75) is 30.0 Å². The number of benzene rings is 2. The molecule has 0 aromatic heterocycles. The van der Waals surface area contributed by atoms with E-state index in [9.17, 15) is 9.59 Å². The summed E-state index contributed by atoms with van der Waals surface area (Å²) in [6, 6.07) is 16.2. The van der Waals surface area contributed by atoms with Crippen molar-refractivity contribution in [3.05, 3.63) is 59.7 Å². The summed E-state index contributed by atoms with van der Waals surface area (Å²) in [5.74, 6) is -0.331. The van der Waals surface area contributed by atoms with Gasteiger partial charge in [-0.3, -0.25) is 14.5 Å². The first kappa shape index (κ1) is 19.0. The Morgan fingerprint density at radius 3 is 2.46 bits per heavy atom. The van der Waals surface area contributed by atoms with Gasteiger partial charge < -0.3 is 10.2 Å². The Bertz CT molecular complexity index is 891. The number of nitrogens with zero attached hydrogens (tertiary/aromatic N) is 2. The molecule has 2 heterocycles. The Kier molecular flexibility index (Phi) is 5.17. The number of rotatable bonds is 3. The number of carbonyl (C=O) groups is 2. The number of nitrogens with one attached hydrogen (secondary N) is 1. The molecule has 1 N–H and O–H groups in total. The lowest BCUT2D eigenvalue weighted by molar-refractivity contribution is -0.139. The summed E-state index contributed by atoms with van der Waals surface area (Å²) in [7, 11) is 0. The zero-order valence-corrected chi connectivity index (χ0v) is 17.1. The lowest BCUT2D eigenvalue weighted by Crippen LogP contribution is -2.57. The summed E-state index contributed by atoms with van der Waals surface area (Å²) in [6.45, 7) is 7.65. The van der Waals surface area contributed by atoms with Crippen LogP contribution in [0.5, 0.6) is 0 Å². The second kappa shape index (κ2) is 7.60. The van der Waals surface area contributed by atoms with Gasteiger partial charge in [-0.15, -0.1) is 0 Å². The highest BCUT2D eigenvalue weighted by Gasteiger charge is 2.48. The van der Waals surface area contributed by atoms with Crippen molar-refractivity contribution in [1.29, 1.82) is 0 Å². The normalized spacial score (nSPS) is 22.5. The summed E-state index contributed by atoms with van der Waals surface area (Å²) in [4.78, 5) is 31.1. The molecule has 5 nitrogen and oxygen atoms in total. The zero-order valence-electron chi connectivity index (χ0n) is 16.3. The van der Waals surface area contributed by atoms with Gasteiger partial charge in [-0.2, -0.15) is 0 Å². The number of carbonyl (C=O) groups excluding carboxylic acids is 2. The summed E-state index contributed by atoms with van der Waals surface area (Å²) in [5.41, 5.74) is 3.33. The van der Waals surface area contributed by atoms with Gasteiger partial charge in [0.05, 0.1) is 5.69 Å². The van der Waals surface area contributed by atoms with Crippen LogP contribution in [0.4, 0.5) is 5.69 Å². The number of amides is 2. The number of fused-ring (bicyclic) bond motifs is 1. The molecule has 2 amide bonds. The highest BCUT2D eigenvalue weighted by Crippen LogP contribution is 2.43. The molecule has 2 aromatic carbocycles. The van der Waals surface area contributed by atoms with Crippen molar-refractivity contribution in [3.8, 4) is 0 Å². The molecule has 2 aliphatic rings. The molecule has 1 unspecified atom stereocenters. The summed E-state index contributed by atoms with van der Waals surface area (Å²) < 4.78 is -1.12. The van der Waals surface area contributed by atoms with E-state index in [1.165, 1.54) is 22.9 Å². The van der Waals surface area contributed by atoms with Crippen molar-refractivity contribution in [2.24, 2.45) is 0 Å². The number of hydrogen-bond donors (Lipinski definition) is 1. The minimum Gasteiger partial charge on any atom is -0.338 e. The number of thioether (sulfide) groups is 1. The van der Waals surface area contributed by atoms with E-state index in [-0.39, 0.29) is 11.8 Å². The van der Waals surface area contributed by atoms with Crippen LogP contribution in [-0.4, -0.2) is 52.5 Å². The van der Waals surface area contributed by atoms with E-state index < -0.39 is 4.75 Å². The minimum absolute atomic E-state index is 0.0977. The predicted molar refractivity (Wildman–Crippen MR) is 112 cm³/mol. The van der Waals surface area contributed by atoms with Gasteiger partial charge in [0.1, 0.15) is 0 Å². The Morgan fingerprint density at radius 2 is 1.75 bits per heavy atom. The second-order valence-corrected chi connectivity index (χ2v) is 9.10. The van der Waals surface area contributed by atoms with Crippen LogP contribution >= 0.6 is 11.8 Å². The summed E-state index contributed by atoms with van der Waals surface area (Å²) >= 11 is 1.36. The fourth-order valence-electron chi connectivity index (χ4n) is 3.67. The zero-order chi connectivity index (χ0) is 19.7. The molecule has 0 aliphatic carbocycles. The van der Waals surface area contributed by atoms with Gasteiger partial charge in [0.15, 0.2) is 4.75 Å². The molecule has 6 heteroatoms. The summed E-state index contributed by atoms with van der Waals surface area (Å²) in [6.07, 6.45) is 0. The van der Waals surface area contributed by atoms with E-state index in [1.54, 1.807) is 6.92 Å². The first-order valence-corrected chi connectivity index (χ1v) is 10.4. The van der Waals surface area contributed by atoms with Gasteiger partial charge in [0, 0.05) is 37.6 Å². The van der Waals surface area contributed by atoms with Crippen LogP contribution in [0.15, 0.2) is 53.4 Å². The minimum atomic E-state index is -1.12. The number of para-hydroxylation sites is 1. The van der Waals surface area contributed by atoms with E-state index in [0.717, 1.165) is 30.2 Å². The first-order valence-electron chi connectivity index (χ1n) is 9.62. The topological polar surface area (TPSA) is 52.6 Å². The molecule has 4 rings (SSSR count). The van der Waals surface area contributed by atoms with Crippen LogP contribution < -0.4 is 5.32 Å². The van der Waals surface area contributed by atoms with Crippen LogP contribution in [0, 0.1) is 6.92 Å². The SMILES string of the molecule is Cc1ccc(CN2CCN(C(=O)C3(C)Sc4ccccc4NC3=O)CC2)cc1. The molecule has 0 spiro atoms. The molecule has 0 bridgehead atoms. The van der Waals surface area contributed by atoms with Crippen LogP contribution in [-0.2, 0) is 16.1 Å². The maximum atomic E-state index is 13.2. The Hall–Kier alpha value is -2.31. The van der Waals surface area contributed by atoms with Gasteiger partial charge in [-0.05, 0) is 31.5 Å². The van der Waals surface area contributed by atoms with E-state index in [2.05, 4.69) is 41.4 Å². The molecule has 1 fully saturated rings. The molecular weight excluding hydrogens is 370 g/mol. The number of piperazine rings is 1. The maximum absolute atomic E-state index is 13.2. The monoisotopic (exact) mass is 395 g/mol. The van der Waals surface area contributed by atoms with E-state index >= 15 is 0 Å². The highest BCUT2D eigenvalue weighted by molar-refractivity contribution is 8.02. The van der Waals surface area contributed by atoms with Crippen LogP contribution in [0.1, 0.15) is 18.1 Å². The highest BCUT2D eigenvalue weighted by atomic mass is 32.2. The van der Waals surface area contributed by atoms with Crippen molar-refractivity contribution in [3.63, 3.8) is 0 Å². The predicted octanol–water partition coefficient (Wildman–Crippen LogP) is 3.14. The maximum Gasteiger partial charge on any atom is 0.250 e. The fourth-order valence-corrected chi connectivity index (χ4v) is 4.85. The van der Waals surface area contributed by atoms with Crippen LogP contribution in [0.3, 0.4) is 0 Å². The smallest absolute Gasteiger partial charge is 0.250 e. The van der Waals surface area contributed by atoms with Gasteiger partial charge in [0.2, 0.25) is 11.8 Å². The van der Waals surface area contributed by atoms with Crippen LogP contribution in [0.25, 0.3) is 0 Å². The summed E-state index contributed by atoms with van der Waals surface area (Å²) in [5, 5.41) is 2.90. The van der Waals surface area contributed by atoms with E-state index in [1.807, 2.05) is 29.2 Å². The number of anilines is 1. The molecule has 1 atom stereocenters. The second-order valence-electron chi connectivity index (χ2n) is 7.64. The van der Waals surface area contributed by atoms with Crippen molar-refractivity contribution in [1.82, 2.24) is 9.80 Å². The third kappa shape index (κ3) is 3.66. The number of hydrogen-bond acceptors (Lipinski definition) is 4.